The van der Waals surface area contributed by atoms with E-state index in [1.54, 1.807) is 0 Å². The van der Waals surface area contributed by atoms with E-state index < -0.39 is 23.5 Å². The second-order valence-corrected chi connectivity index (χ2v) is 5.92. The van der Waals surface area contributed by atoms with Crippen LogP contribution in [0.1, 0.15) is 21.7 Å². The Kier molecular flexibility index (Phi) is 4.46. The van der Waals surface area contributed by atoms with Gasteiger partial charge in [0.1, 0.15) is 5.82 Å². The van der Waals surface area contributed by atoms with E-state index in [-0.39, 0.29) is 23.6 Å². The molecule has 0 aliphatic carbocycles. The molecule has 2 aromatic heterocycles. The lowest BCUT2D eigenvalue weighted by Crippen LogP contribution is -2.24. The molecule has 0 aliphatic heterocycles. The number of rotatable bonds is 3. The fraction of sp³-hybridized carbons (Fsp3) is 0.133. The van der Waals surface area contributed by atoms with Gasteiger partial charge < -0.3 is 5.32 Å². The summed E-state index contributed by atoms with van der Waals surface area (Å²) in [6.45, 7) is -0.176. The Morgan fingerprint density at radius 3 is 2.68 bits per heavy atom. The van der Waals surface area contributed by atoms with Crippen LogP contribution < -0.4 is 5.32 Å². The lowest BCUT2D eigenvalue weighted by atomic mass is 10.2. The van der Waals surface area contributed by atoms with Crippen molar-refractivity contribution in [1.29, 1.82) is 0 Å². The van der Waals surface area contributed by atoms with Gasteiger partial charge in [-0.1, -0.05) is 0 Å². The van der Waals surface area contributed by atoms with E-state index in [0.29, 0.717) is 4.47 Å². The molecular formula is C15H9BrF4N4O. The van der Waals surface area contributed by atoms with Crippen LogP contribution in [0.2, 0.25) is 0 Å². The number of nitrogens with zero attached hydrogens (tertiary/aromatic N) is 3. The predicted molar refractivity (Wildman–Crippen MR) is 83.3 cm³/mol. The van der Waals surface area contributed by atoms with E-state index >= 15 is 0 Å². The molecule has 0 spiro atoms. The number of alkyl halides is 3. The standard InChI is InChI=1S/C15H9BrF4N4O/c16-11-3-2-9(17)5-10(11)14(25)21-6-13-23-22-12-4-1-8(7-24(12)13)15(18,19)20/h1-5,7H,6H2,(H,21,25). The summed E-state index contributed by atoms with van der Waals surface area (Å²) in [5.74, 6) is -1.08. The Hall–Kier alpha value is -2.49. The highest BCUT2D eigenvalue weighted by molar-refractivity contribution is 9.10. The molecule has 0 saturated heterocycles. The molecule has 2 heterocycles. The minimum atomic E-state index is -4.51. The maximum Gasteiger partial charge on any atom is 0.417 e. The van der Waals surface area contributed by atoms with Gasteiger partial charge in [0, 0.05) is 10.7 Å². The number of hydrogen-bond acceptors (Lipinski definition) is 3. The lowest BCUT2D eigenvalue weighted by Gasteiger charge is -2.08. The quantitative estimate of drug-likeness (QED) is 0.663. The van der Waals surface area contributed by atoms with Gasteiger partial charge in [-0.3, -0.25) is 9.20 Å². The number of pyridine rings is 1. The number of aromatic nitrogens is 3. The molecule has 0 aliphatic rings. The fourth-order valence-electron chi connectivity index (χ4n) is 2.15. The lowest BCUT2D eigenvalue weighted by molar-refractivity contribution is -0.137. The number of nitrogens with one attached hydrogen (secondary N) is 1. The molecule has 130 valence electrons. The zero-order chi connectivity index (χ0) is 18.2. The van der Waals surface area contributed by atoms with E-state index in [2.05, 4.69) is 31.4 Å². The molecule has 1 amide bonds. The SMILES string of the molecule is O=C(NCc1nnc2ccc(C(F)(F)F)cn12)c1cc(F)ccc1Br. The summed E-state index contributed by atoms with van der Waals surface area (Å²) in [5.41, 5.74) is -0.589. The van der Waals surface area contributed by atoms with E-state index in [1.165, 1.54) is 18.2 Å². The van der Waals surface area contributed by atoms with Gasteiger partial charge >= 0.3 is 6.18 Å². The van der Waals surface area contributed by atoms with Crippen LogP contribution >= 0.6 is 15.9 Å². The molecule has 0 saturated carbocycles. The van der Waals surface area contributed by atoms with Crippen LogP contribution in [0.15, 0.2) is 41.0 Å². The van der Waals surface area contributed by atoms with Gasteiger partial charge in [-0.05, 0) is 46.3 Å². The highest BCUT2D eigenvalue weighted by atomic mass is 79.9. The number of amides is 1. The van der Waals surface area contributed by atoms with Crippen molar-refractivity contribution in [3.8, 4) is 0 Å². The normalized spacial score (nSPS) is 11.7. The van der Waals surface area contributed by atoms with Crippen LogP contribution in [-0.4, -0.2) is 20.5 Å². The minimum Gasteiger partial charge on any atom is -0.345 e. The maximum atomic E-state index is 13.3. The molecule has 0 fully saturated rings. The maximum absolute atomic E-state index is 13.3. The van der Waals surface area contributed by atoms with Crippen molar-refractivity contribution in [3.05, 3.63) is 63.8 Å². The van der Waals surface area contributed by atoms with Gasteiger partial charge in [0.2, 0.25) is 0 Å². The third-order valence-corrected chi connectivity index (χ3v) is 4.07. The van der Waals surface area contributed by atoms with Crippen molar-refractivity contribution in [2.75, 3.05) is 0 Å². The Bertz CT molecular complexity index is 954. The molecule has 0 unspecified atom stereocenters. The Balaban J connectivity index is 1.83. The average molecular weight is 417 g/mol. The first-order valence-corrected chi connectivity index (χ1v) is 7.69. The first kappa shape index (κ1) is 17.3. The third kappa shape index (κ3) is 3.63. The first-order valence-electron chi connectivity index (χ1n) is 6.90. The van der Waals surface area contributed by atoms with E-state index in [1.807, 2.05) is 0 Å². The summed E-state index contributed by atoms with van der Waals surface area (Å²) in [5, 5.41) is 10.00. The molecule has 25 heavy (non-hydrogen) atoms. The topological polar surface area (TPSA) is 59.3 Å². The monoisotopic (exact) mass is 416 g/mol. The van der Waals surface area contributed by atoms with Crippen LogP contribution in [0.3, 0.4) is 0 Å². The molecular weight excluding hydrogens is 408 g/mol. The van der Waals surface area contributed by atoms with E-state index in [9.17, 15) is 22.4 Å². The number of carbonyl (C=O) groups is 1. The predicted octanol–water partition coefficient (Wildman–Crippen LogP) is 3.58. The molecule has 0 atom stereocenters. The molecule has 1 N–H and O–H groups in total. The van der Waals surface area contributed by atoms with Crippen LogP contribution in [0.25, 0.3) is 5.65 Å². The number of halogens is 5. The molecule has 1 aromatic carbocycles. The zero-order valence-corrected chi connectivity index (χ0v) is 13.9. The Labute approximate surface area is 146 Å². The molecule has 0 bridgehead atoms. The van der Waals surface area contributed by atoms with Crippen molar-refractivity contribution < 1.29 is 22.4 Å². The van der Waals surface area contributed by atoms with Crippen LogP contribution in [0.5, 0.6) is 0 Å². The van der Waals surface area contributed by atoms with Gasteiger partial charge in [-0.25, -0.2) is 4.39 Å². The number of benzene rings is 1. The van der Waals surface area contributed by atoms with Crippen LogP contribution in [0, 0.1) is 5.82 Å². The van der Waals surface area contributed by atoms with Crippen molar-refractivity contribution in [2.45, 2.75) is 12.7 Å². The first-order chi connectivity index (χ1) is 11.8. The molecule has 3 rings (SSSR count). The molecule has 5 nitrogen and oxygen atoms in total. The van der Waals surface area contributed by atoms with Crippen molar-refractivity contribution in [3.63, 3.8) is 0 Å². The molecule has 3 aromatic rings. The fourth-order valence-corrected chi connectivity index (χ4v) is 2.58. The van der Waals surface area contributed by atoms with Gasteiger partial charge in [-0.2, -0.15) is 13.2 Å². The third-order valence-electron chi connectivity index (χ3n) is 3.38. The zero-order valence-electron chi connectivity index (χ0n) is 12.3. The Morgan fingerprint density at radius 2 is 1.96 bits per heavy atom. The summed E-state index contributed by atoms with van der Waals surface area (Å²) < 4.78 is 53.2. The van der Waals surface area contributed by atoms with Crippen molar-refractivity contribution >= 4 is 27.5 Å². The Morgan fingerprint density at radius 1 is 1.20 bits per heavy atom. The second kappa shape index (κ2) is 6.43. The summed E-state index contributed by atoms with van der Waals surface area (Å²) in [6.07, 6.45) is -3.65. The smallest absolute Gasteiger partial charge is 0.345 e. The van der Waals surface area contributed by atoms with Gasteiger partial charge in [0.15, 0.2) is 11.5 Å². The van der Waals surface area contributed by atoms with Crippen LogP contribution in [-0.2, 0) is 12.7 Å². The van der Waals surface area contributed by atoms with Gasteiger partial charge in [0.05, 0.1) is 17.7 Å². The van der Waals surface area contributed by atoms with Gasteiger partial charge in [-0.15, -0.1) is 10.2 Å². The highest BCUT2D eigenvalue weighted by Crippen LogP contribution is 2.29. The second-order valence-electron chi connectivity index (χ2n) is 5.07. The molecule has 10 heteroatoms. The number of fused-ring (bicyclic) bond motifs is 1. The average Bonchev–Trinajstić information content (AvgIpc) is 2.96. The van der Waals surface area contributed by atoms with Crippen molar-refractivity contribution in [2.24, 2.45) is 0 Å². The van der Waals surface area contributed by atoms with Crippen LogP contribution in [0.4, 0.5) is 17.6 Å². The van der Waals surface area contributed by atoms with E-state index in [4.69, 9.17) is 0 Å². The highest BCUT2D eigenvalue weighted by Gasteiger charge is 2.31. The molecule has 0 radical (unpaired) electrons. The van der Waals surface area contributed by atoms with Crippen molar-refractivity contribution in [1.82, 2.24) is 19.9 Å². The summed E-state index contributed by atoms with van der Waals surface area (Å²) in [6, 6.07) is 5.70. The van der Waals surface area contributed by atoms with E-state index in [0.717, 1.165) is 22.7 Å². The summed E-state index contributed by atoms with van der Waals surface area (Å²) in [4.78, 5) is 12.1. The minimum absolute atomic E-state index is 0.0600. The largest absolute Gasteiger partial charge is 0.417 e. The number of hydrogen-bond donors (Lipinski definition) is 1. The summed E-state index contributed by atoms with van der Waals surface area (Å²) >= 11 is 3.14. The van der Waals surface area contributed by atoms with Gasteiger partial charge in [0.25, 0.3) is 5.91 Å². The summed E-state index contributed by atoms with van der Waals surface area (Å²) in [7, 11) is 0. The number of carbonyl (C=O) groups excluding carboxylic acids is 1.